The molecule has 1 aromatic rings. The highest BCUT2D eigenvalue weighted by atomic mass is 19.3. The largest absolute Gasteiger partial charge is 0.357 e. The number of guanidine groups is 1. The van der Waals surface area contributed by atoms with Gasteiger partial charge in [0.25, 0.3) is 6.43 Å². The minimum Gasteiger partial charge on any atom is -0.357 e. The van der Waals surface area contributed by atoms with E-state index >= 15 is 0 Å². The fourth-order valence-electron chi connectivity index (χ4n) is 3.36. The summed E-state index contributed by atoms with van der Waals surface area (Å²) in [5.74, 6) is 0.815. The number of nitrogens with zero attached hydrogens (tertiary/aromatic N) is 3. The van der Waals surface area contributed by atoms with Gasteiger partial charge in [0.2, 0.25) is 0 Å². The Hall–Kier alpha value is -1.73. The van der Waals surface area contributed by atoms with Gasteiger partial charge in [0.1, 0.15) is 0 Å². The third kappa shape index (κ3) is 8.10. The van der Waals surface area contributed by atoms with E-state index in [4.69, 9.17) is 4.99 Å². The van der Waals surface area contributed by atoms with Crippen LogP contribution in [0.25, 0.3) is 0 Å². The number of likely N-dealkylation sites (N-methyl/N-ethyl adjacent to an activating group) is 1. The molecule has 0 radical (unpaired) electrons. The maximum absolute atomic E-state index is 12.5. The Morgan fingerprint density at radius 1 is 1.25 bits per heavy atom. The molecule has 1 aliphatic heterocycles. The monoisotopic (exact) mass is 395 g/mol. The van der Waals surface area contributed by atoms with Crippen molar-refractivity contribution in [2.24, 2.45) is 4.99 Å². The molecule has 158 valence electrons. The number of alkyl halides is 2. The molecule has 0 bridgehead atoms. The molecule has 5 nitrogen and oxygen atoms in total. The van der Waals surface area contributed by atoms with Crippen LogP contribution in [0.5, 0.6) is 0 Å². The lowest BCUT2D eigenvalue weighted by atomic mass is 10.1. The van der Waals surface area contributed by atoms with Gasteiger partial charge in [-0.1, -0.05) is 30.3 Å². The van der Waals surface area contributed by atoms with Gasteiger partial charge in [-0.3, -0.25) is 14.8 Å². The first-order valence-corrected chi connectivity index (χ1v) is 10.3. The topological polar surface area (TPSA) is 42.9 Å². The molecule has 1 aliphatic rings. The molecule has 0 spiro atoms. The van der Waals surface area contributed by atoms with Gasteiger partial charge in [-0.05, 0) is 39.3 Å². The molecule has 2 N–H and O–H groups in total. The van der Waals surface area contributed by atoms with E-state index in [0.29, 0.717) is 25.7 Å². The van der Waals surface area contributed by atoms with E-state index in [9.17, 15) is 8.78 Å². The molecule has 0 saturated carbocycles. The summed E-state index contributed by atoms with van der Waals surface area (Å²) < 4.78 is 25.0. The number of aliphatic imine (C=N–C) groups is 1. The standard InChI is InChI=1S/C21H35F2N5/c1-4-24-21(26-19-10-12-28(13-11-19)16-20(22)23)25-14-17(2)27(3)15-18-8-6-5-7-9-18/h5-9,17,19-20H,4,10-16H2,1-3H3,(H2,24,25,26). The number of hydrogen-bond donors (Lipinski definition) is 2. The van der Waals surface area contributed by atoms with Crippen LogP contribution in [0.15, 0.2) is 35.3 Å². The van der Waals surface area contributed by atoms with Crippen molar-refractivity contribution in [2.45, 2.75) is 51.7 Å². The number of hydrogen-bond acceptors (Lipinski definition) is 3. The zero-order valence-corrected chi connectivity index (χ0v) is 17.4. The lowest BCUT2D eigenvalue weighted by Crippen LogP contribution is -2.49. The SMILES string of the molecule is CCNC(=NCC(C)N(C)Cc1ccccc1)NC1CCN(CC(F)F)CC1. The normalized spacial score (nSPS) is 17.9. The van der Waals surface area contributed by atoms with Crippen molar-refractivity contribution < 1.29 is 8.78 Å². The second-order valence-corrected chi connectivity index (χ2v) is 7.58. The zero-order chi connectivity index (χ0) is 20.4. The number of nitrogens with one attached hydrogen (secondary N) is 2. The van der Waals surface area contributed by atoms with E-state index in [-0.39, 0.29) is 12.6 Å². The molecule has 28 heavy (non-hydrogen) atoms. The van der Waals surface area contributed by atoms with E-state index in [1.807, 2.05) is 17.9 Å². The average Bonchev–Trinajstić information content (AvgIpc) is 2.68. The predicted octanol–water partition coefficient (Wildman–Crippen LogP) is 2.79. The van der Waals surface area contributed by atoms with Crippen molar-refractivity contribution in [1.29, 1.82) is 0 Å². The number of piperidine rings is 1. The molecular formula is C21H35F2N5. The van der Waals surface area contributed by atoms with Crippen LogP contribution in [0.1, 0.15) is 32.3 Å². The Balaban J connectivity index is 1.81. The maximum atomic E-state index is 12.5. The van der Waals surface area contributed by atoms with Crippen LogP contribution < -0.4 is 10.6 Å². The summed E-state index contributed by atoms with van der Waals surface area (Å²) in [4.78, 5) is 8.89. The number of halogens is 2. The predicted molar refractivity (Wildman–Crippen MR) is 112 cm³/mol. The van der Waals surface area contributed by atoms with Crippen LogP contribution in [0.2, 0.25) is 0 Å². The molecule has 1 fully saturated rings. The lowest BCUT2D eigenvalue weighted by molar-refractivity contribution is 0.0744. The second kappa shape index (κ2) is 12.0. The summed E-state index contributed by atoms with van der Waals surface area (Å²) >= 11 is 0. The van der Waals surface area contributed by atoms with Crippen molar-refractivity contribution in [3.8, 4) is 0 Å². The second-order valence-electron chi connectivity index (χ2n) is 7.58. The molecule has 0 amide bonds. The van der Waals surface area contributed by atoms with Crippen molar-refractivity contribution in [3.63, 3.8) is 0 Å². The van der Waals surface area contributed by atoms with Crippen LogP contribution in [0, 0.1) is 0 Å². The van der Waals surface area contributed by atoms with Crippen molar-refractivity contribution in [3.05, 3.63) is 35.9 Å². The zero-order valence-electron chi connectivity index (χ0n) is 17.4. The number of likely N-dealkylation sites (tertiary alicyclic amines) is 1. The van der Waals surface area contributed by atoms with Gasteiger partial charge in [0.15, 0.2) is 5.96 Å². The summed E-state index contributed by atoms with van der Waals surface area (Å²) in [5, 5.41) is 6.79. The maximum Gasteiger partial charge on any atom is 0.251 e. The first-order chi connectivity index (χ1) is 13.5. The summed E-state index contributed by atoms with van der Waals surface area (Å²) in [6, 6.07) is 11.0. The van der Waals surface area contributed by atoms with E-state index in [1.54, 1.807) is 0 Å². The van der Waals surface area contributed by atoms with Crippen LogP contribution in [-0.4, -0.2) is 74.0 Å². The van der Waals surface area contributed by atoms with E-state index in [1.165, 1.54) is 5.56 Å². The molecule has 1 heterocycles. The Kier molecular flexibility index (Phi) is 9.64. The van der Waals surface area contributed by atoms with Gasteiger partial charge < -0.3 is 10.6 Å². The fraction of sp³-hybridized carbons (Fsp3) is 0.667. The van der Waals surface area contributed by atoms with Gasteiger partial charge in [-0.2, -0.15) is 0 Å². The Labute approximate surface area is 168 Å². The highest BCUT2D eigenvalue weighted by Crippen LogP contribution is 2.12. The molecule has 1 atom stereocenters. The Morgan fingerprint density at radius 2 is 1.93 bits per heavy atom. The van der Waals surface area contributed by atoms with Crippen molar-refractivity contribution >= 4 is 5.96 Å². The molecule has 0 aromatic heterocycles. The lowest BCUT2D eigenvalue weighted by Gasteiger charge is -2.33. The van der Waals surface area contributed by atoms with Crippen LogP contribution in [-0.2, 0) is 6.54 Å². The van der Waals surface area contributed by atoms with Gasteiger partial charge in [0, 0.05) is 38.3 Å². The van der Waals surface area contributed by atoms with Crippen LogP contribution in [0.3, 0.4) is 0 Å². The summed E-state index contributed by atoms with van der Waals surface area (Å²) in [7, 11) is 2.12. The quantitative estimate of drug-likeness (QED) is 0.498. The van der Waals surface area contributed by atoms with Gasteiger partial charge in [-0.25, -0.2) is 8.78 Å². The van der Waals surface area contributed by atoms with Crippen LogP contribution in [0.4, 0.5) is 8.78 Å². The summed E-state index contributed by atoms with van der Waals surface area (Å²) in [6.45, 7) is 7.91. The molecule has 1 saturated heterocycles. The van der Waals surface area contributed by atoms with E-state index < -0.39 is 6.43 Å². The van der Waals surface area contributed by atoms with Crippen LogP contribution >= 0.6 is 0 Å². The first kappa shape index (κ1) is 22.6. The van der Waals surface area contributed by atoms with Gasteiger partial charge in [0.05, 0.1) is 13.1 Å². The first-order valence-electron chi connectivity index (χ1n) is 10.3. The van der Waals surface area contributed by atoms with Gasteiger partial charge >= 0.3 is 0 Å². The molecular weight excluding hydrogens is 360 g/mol. The third-order valence-electron chi connectivity index (χ3n) is 5.21. The Bertz CT molecular complexity index is 573. The van der Waals surface area contributed by atoms with E-state index in [2.05, 4.69) is 53.8 Å². The molecule has 7 heteroatoms. The molecule has 1 aromatic carbocycles. The molecule has 2 rings (SSSR count). The fourth-order valence-corrected chi connectivity index (χ4v) is 3.36. The average molecular weight is 396 g/mol. The summed E-state index contributed by atoms with van der Waals surface area (Å²) in [6.07, 6.45) is -0.529. The minimum atomic E-state index is -2.25. The van der Waals surface area contributed by atoms with E-state index in [0.717, 1.165) is 31.9 Å². The van der Waals surface area contributed by atoms with Gasteiger partial charge in [-0.15, -0.1) is 0 Å². The highest BCUT2D eigenvalue weighted by Gasteiger charge is 2.22. The third-order valence-corrected chi connectivity index (χ3v) is 5.21. The number of rotatable bonds is 9. The minimum absolute atomic E-state index is 0.119. The van der Waals surface area contributed by atoms with Crippen molar-refractivity contribution in [1.82, 2.24) is 20.4 Å². The van der Waals surface area contributed by atoms with Crippen molar-refractivity contribution in [2.75, 3.05) is 39.8 Å². The molecule has 1 unspecified atom stereocenters. The highest BCUT2D eigenvalue weighted by molar-refractivity contribution is 5.80. The smallest absolute Gasteiger partial charge is 0.251 e. The molecule has 0 aliphatic carbocycles. The summed E-state index contributed by atoms with van der Waals surface area (Å²) in [5.41, 5.74) is 1.29. The number of benzene rings is 1. The Morgan fingerprint density at radius 3 is 2.54 bits per heavy atom.